The van der Waals surface area contributed by atoms with E-state index in [-0.39, 0.29) is 12.5 Å². The minimum absolute atomic E-state index is 0.141. The minimum Gasteiger partial charge on any atom is -0.387 e. The molecule has 1 amide bonds. The van der Waals surface area contributed by atoms with Crippen molar-refractivity contribution in [3.05, 3.63) is 0 Å². The molecule has 13 heavy (non-hydrogen) atoms. The first-order valence-corrected chi connectivity index (χ1v) is 5.14. The zero-order chi connectivity index (χ0) is 10.1. The van der Waals surface area contributed by atoms with Gasteiger partial charge in [0.1, 0.15) is 6.61 Å². The predicted octanol–water partition coefficient (Wildman–Crippen LogP) is 1.41. The average molecular weight is 187 g/mol. The normalized spacial score (nSPS) is 10.1. The fourth-order valence-electron chi connectivity index (χ4n) is 1.28. The lowest BCUT2D eigenvalue weighted by molar-refractivity contribution is -0.134. The van der Waals surface area contributed by atoms with E-state index in [0.717, 1.165) is 38.8 Å². The molecule has 3 nitrogen and oxygen atoms in total. The van der Waals surface area contributed by atoms with Gasteiger partial charge in [-0.3, -0.25) is 4.79 Å². The fraction of sp³-hybridized carbons (Fsp3) is 0.900. The van der Waals surface area contributed by atoms with Crippen LogP contribution in [0.25, 0.3) is 0 Å². The molecule has 0 aromatic carbocycles. The number of hydrogen-bond acceptors (Lipinski definition) is 2. The van der Waals surface area contributed by atoms with Gasteiger partial charge in [0.25, 0.3) is 0 Å². The van der Waals surface area contributed by atoms with Crippen LogP contribution in [0, 0.1) is 0 Å². The van der Waals surface area contributed by atoms with Gasteiger partial charge in [0.05, 0.1) is 0 Å². The van der Waals surface area contributed by atoms with Gasteiger partial charge in [0.15, 0.2) is 0 Å². The van der Waals surface area contributed by atoms with Crippen molar-refractivity contribution in [3.63, 3.8) is 0 Å². The van der Waals surface area contributed by atoms with Crippen molar-refractivity contribution in [2.45, 2.75) is 39.5 Å². The van der Waals surface area contributed by atoms with Gasteiger partial charge in [-0.05, 0) is 12.8 Å². The van der Waals surface area contributed by atoms with E-state index in [4.69, 9.17) is 5.11 Å². The molecule has 0 aliphatic heterocycles. The van der Waals surface area contributed by atoms with E-state index >= 15 is 0 Å². The summed E-state index contributed by atoms with van der Waals surface area (Å²) in [6.45, 7) is 5.38. The van der Waals surface area contributed by atoms with Gasteiger partial charge >= 0.3 is 0 Å². The number of aliphatic hydroxyl groups is 1. The summed E-state index contributed by atoms with van der Waals surface area (Å²) in [5, 5.41) is 8.70. The highest BCUT2D eigenvalue weighted by Gasteiger charge is 2.09. The van der Waals surface area contributed by atoms with Crippen LogP contribution >= 0.6 is 0 Å². The first kappa shape index (κ1) is 12.4. The maximum Gasteiger partial charge on any atom is 0.248 e. The van der Waals surface area contributed by atoms with Gasteiger partial charge in [0, 0.05) is 13.1 Å². The van der Waals surface area contributed by atoms with E-state index in [9.17, 15) is 4.79 Å². The van der Waals surface area contributed by atoms with Crippen molar-refractivity contribution < 1.29 is 9.90 Å². The molecule has 0 fully saturated rings. The van der Waals surface area contributed by atoms with Crippen molar-refractivity contribution in [3.8, 4) is 0 Å². The van der Waals surface area contributed by atoms with Crippen LogP contribution in [0.15, 0.2) is 0 Å². The third kappa shape index (κ3) is 5.64. The molecule has 1 N–H and O–H groups in total. The molecule has 3 heteroatoms. The topological polar surface area (TPSA) is 40.5 Å². The minimum atomic E-state index is -0.355. The summed E-state index contributed by atoms with van der Waals surface area (Å²) in [7, 11) is 0. The molecule has 0 atom stereocenters. The second-order valence-electron chi connectivity index (χ2n) is 3.25. The highest BCUT2D eigenvalue weighted by molar-refractivity contribution is 5.77. The second-order valence-corrected chi connectivity index (χ2v) is 3.25. The van der Waals surface area contributed by atoms with Crippen molar-refractivity contribution >= 4 is 5.91 Å². The van der Waals surface area contributed by atoms with E-state index < -0.39 is 0 Å². The molecule has 0 spiro atoms. The standard InChI is InChI=1S/C10H21NO2/c1-3-5-6-8-11(7-4-2)10(13)9-12/h12H,3-9H2,1-2H3. The van der Waals surface area contributed by atoms with Gasteiger partial charge < -0.3 is 10.0 Å². The van der Waals surface area contributed by atoms with Crippen molar-refractivity contribution in [2.75, 3.05) is 19.7 Å². The van der Waals surface area contributed by atoms with E-state index in [0.29, 0.717) is 0 Å². The lowest BCUT2D eigenvalue weighted by atomic mass is 10.2. The zero-order valence-electron chi connectivity index (χ0n) is 8.75. The van der Waals surface area contributed by atoms with Gasteiger partial charge in [-0.15, -0.1) is 0 Å². The number of aliphatic hydroxyl groups excluding tert-OH is 1. The Bertz CT molecular complexity index is 137. The molecule has 0 aliphatic rings. The van der Waals surface area contributed by atoms with Crippen molar-refractivity contribution in [1.82, 2.24) is 4.90 Å². The third-order valence-electron chi connectivity index (χ3n) is 2.01. The van der Waals surface area contributed by atoms with E-state index in [2.05, 4.69) is 6.92 Å². The van der Waals surface area contributed by atoms with Gasteiger partial charge in [0.2, 0.25) is 5.91 Å². The molecule has 0 heterocycles. The second kappa shape index (κ2) is 8.05. The first-order valence-electron chi connectivity index (χ1n) is 5.14. The first-order chi connectivity index (χ1) is 6.26. The Morgan fingerprint density at radius 1 is 1.15 bits per heavy atom. The molecule has 78 valence electrons. The SMILES string of the molecule is CCCCCN(CCC)C(=O)CO. The molecule has 0 aromatic rings. The average Bonchev–Trinajstić information content (AvgIpc) is 2.16. The molecule has 0 unspecified atom stereocenters. The molecule has 0 rings (SSSR count). The van der Waals surface area contributed by atoms with E-state index in [1.165, 1.54) is 0 Å². The third-order valence-corrected chi connectivity index (χ3v) is 2.01. The van der Waals surface area contributed by atoms with Gasteiger partial charge in [-0.25, -0.2) is 0 Å². The Hall–Kier alpha value is -0.570. The molecule has 0 aromatic heterocycles. The Balaban J connectivity index is 3.73. The summed E-state index contributed by atoms with van der Waals surface area (Å²) in [6, 6.07) is 0. The number of unbranched alkanes of at least 4 members (excludes halogenated alkanes) is 2. The van der Waals surface area contributed by atoms with Gasteiger partial charge in [-0.2, -0.15) is 0 Å². The number of amides is 1. The quantitative estimate of drug-likeness (QED) is 0.612. The van der Waals surface area contributed by atoms with E-state index in [1.54, 1.807) is 4.90 Å². The summed E-state index contributed by atoms with van der Waals surface area (Å²) in [5.74, 6) is -0.141. The number of carbonyl (C=O) groups excluding carboxylic acids is 1. The van der Waals surface area contributed by atoms with Crippen LogP contribution in [0.3, 0.4) is 0 Å². The van der Waals surface area contributed by atoms with Crippen LogP contribution in [0.5, 0.6) is 0 Å². The largest absolute Gasteiger partial charge is 0.387 e. The molecule has 0 saturated heterocycles. The van der Waals surface area contributed by atoms with Crippen molar-refractivity contribution in [1.29, 1.82) is 0 Å². The summed E-state index contributed by atoms with van der Waals surface area (Å²) in [6.07, 6.45) is 4.31. The predicted molar refractivity (Wildman–Crippen MR) is 53.5 cm³/mol. The summed E-state index contributed by atoms with van der Waals surface area (Å²) < 4.78 is 0. The van der Waals surface area contributed by atoms with Crippen LogP contribution in [0.2, 0.25) is 0 Å². The molecule has 0 saturated carbocycles. The molecule has 0 radical (unpaired) electrons. The fourth-order valence-corrected chi connectivity index (χ4v) is 1.28. The number of rotatable bonds is 7. The highest BCUT2D eigenvalue weighted by Crippen LogP contribution is 1.99. The summed E-state index contributed by atoms with van der Waals surface area (Å²) in [5.41, 5.74) is 0. The molecular formula is C10H21NO2. The Labute approximate surface area is 80.7 Å². The van der Waals surface area contributed by atoms with Crippen LogP contribution in [-0.2, 0) is 4.79 Å². The highest BCUT2D eigenvalue weighted by atomic mass is 16.3. The maximum atomic E-state index is 11.2. The Morgan fingerprint density at radius 3 is 2.31 bits per heavy atom. The van der Waals surface area contributed by atoms with Crippen LogP contribution < -0.4 is 0 Å². The number of hydrogen-bond donors (Lipinski definition) is 1. The number of carbonyl (C=O) groups is 1. The Morgan fingerprint density at radius 2 is 1.85 bits per heavy atom. The summed E-state index contributed by atoms with van der Waals surface area (Å²) >= 11 is 0. The van der Waals surface area contributed by atoms with Crippen LogP contribution in [0.4, 0.5) is 0 Å². The Kier molecular flexibility index (Phi) is 7.69. The molecule has 0 bridgehead atoms. The van der Waals surface area contributed by atoms with Crippen LogP contribution in [-0.4, -0.2) is 35.6 Å². The van der Waals surface area contributed by atoms with Crippen molar-refractivity contribution in [2.24, 2.45) is 0 Å². The lowest BCUT2D eigenvalue weighted by Gasteiger charge is -2.20. The molecule has 0 aliphatic carbocycles. The molecular weight excluding hydrogens is 166 g/mol. The van der Waals surface area contributed by atoms with E-state index in [1.807, 2.05) is 6.92 Å². The van der Waals surface area contributed by atoms with Gasteiger partial charge in [-0.1, -0.05) is 26.7 Å². The number of nitrogens with zero attached hydrogens (tertiary/aromatic N) is 1. The summed E-state index contributed by atoms with van der Waals surface area (Å²) in [4.78, 5) is 12.9. The monoisotopic (exact) mass is 187 g/mol. The maximum absolute atomic E-state index is 11.2. The van der Waals surface area contributed by atoms with Crippen LogP contribution in [0.1, 0.15) is 39.5 Å². The smallest absolute Gasteiger partial charge is 0.248 e. The zero-order valence-corrected chi connectivity index (χ0v) is 8.75. The lowest BCUT2D eigenvalue weighted by Crippen LogP contribution is -2.34.